The number of carboxylic acid groups (broad SMARTS) is 1. The predicted molar refractivity (Wildman–Crippen MR) is 122 cm³/mol. The van der Waals surface area contributed by atoms with Gasteiger partial charge in [0.2, 0.25) is 10.0 Å². The fourth-order valence-corrected chi connectivity index (χ4v) is 4.27. The van der Waals surface area contributed by atoms with E-state index in [0.717, 1.165) is 19.0 Å². The molecule has 3 aromatic rings. The largest absolute Gasteiger partial charge is 0.493 e. The summed E-state index contributed by atoms with van der Waals surface area (Å²) >= 11 is 0. The van der Waals surface area contributed by atoms with Crippen molar-refractivity contribution in [3.05, 3.63) is 76.7 Å². The van der Waals surface area contributed by atoms with Crippen LogP contribution in [0.3, 0.4) is 0 Å². The van der Waals surface area contributed by atoms with E-state index in [9.17, 15) is 27.9 Å². The fourth-order valence-electron chi connectivity index (χ4n) is 3.06. The third kappa shape index (κ3) is 6.19. The Morgan fingerprint density at radius 2 is 1.85 bits per heavy atom. The molecule has 6 N–H and O–H groups in total. The van der Waals surface area contributed by atoms with Gasteiger partial charge in [0.25, 0.3) is 11.5 Å². The van der Waals surface area contributed by atoms with E-state index in [1.54, 1.807) is 18.2 Å². The van der Waals surface area contributed by atoms with E-state index in [4.69, 9.17) is 4.74 Å². The number of ether oxygens (including phenoxy) is 1. The number of rotatable bonds is 11. The van der Waals surface area contributed by atoms with Gasteiger partial charge in [-0.05, 0) is 24.3 Å². The Morgan fingerprint density at radius 3 is 2.53 bits per heavy atom. The third-order valence-corrected chi connectivity index (χ3v) is 6.30. The van der Waals surface area contributed by atoms with Crippen molar-refractivity contribution in [2.45, 2.75) is 17.4 Å². The van der Waals surface area contributed by atoms with Crippen LogP contribution >= 0.6 is 0 Å². The standard InChI is InChI=1S/C22H24N4O7S/c23-8-4-10-33-17-7-9-26-16(13-17)11-15(12-20(26)27)21(28)24-14-19(22(29)30)25-34(31,32)18-5-2-1-3-6-18/h1-3,5-7,9,11-13,19,25H,4,8,10,14,23H2,(H,24,28)(H,29,30)/p+1. The first kappa shape index (κ1) is 24.9. The first-order valence-corrected chi connectivity index (χ1v) is 11.9. The molecule has 34 heavy (non-hydrogen) atoms. The molecule has 0 spiro atoms. The van der Waals surface area contributed by atoms with Crippen molar-refractivity contribution >= 4 is 27.4 Å². The highest BCUT2D eigenvalue weighted by atomic mass is 32.2. The summed E-state index contributed by atoms with van der Waals surface area (Å²) in [6, 6.07) is 11.4. The first-order chi connectivity index (χ1) is 16.2. The van der Waals surface area contributed by atoms with Crippen molar-refractivity contribution < 1.29 is 33.6 Å². The average Bonchev–Trinajstić information content (AvgIpc) is 2.82. The van der Waals surface area contributed by atoms with Gasteiger partial charge in [-0.25, -0.2) is 8.42 Å². The van der Waals surface area contributed by atoms with Crippen LogP contribution in [0.4, 0.5) is 0 Å². The number of nitrogens with zero attached hydrogens (tertiary/aromatic N) is 1. The summed E-state index contributed by atoms with van der Waals surface area (Å²) in [5.41, 5.74) is 3.68. The van der Waals surface area contributed by atoms with Gasteiger partial charge in [-0.2, -0.15) is 4.72 Å². The molecule has 1 aromatic carbocycles. The van der Waals surface area contributed by atoms with E-state index in [1.807, 2.05) is 0 Å². The molecular formula is C22H25N4O7S+. The molecule has 0 fully saturated rings. The average molecular weight is 490 g/mol. The van der Waals surface area contributed by atoms with E-state index >= 15 is 0 Å². The maximum absolute atomic E-state index is 12.6. The molecule has 0 saturated heterocycles. The maximum Gasteiger partial charge on any atom is 0.323 e. The lowest BCUT2D eigenvalue weighted by atomic mass is 10.2. The number of carbonyl (C=O) groups is 2. The van der Waals surface area contributed by atoms with Crippen molar-refractivity contribution in [1.82, 2.24) is 14.4 Å². The second kappa shape index (κ2) is 10.9. The lowest BCUT2D eigenvalue weighted by Gasteiger charge is -2.16. The lowest BCUT2D eigenvalue weighted by molar-refractivity contribution is -0.368. The molecule has 1 unspecified atom stereocenters. The highest BCUT2D eigenvalue weighted by molar-refractivity contribution is 7.89. The van der Waals surface area contributed by atoms with Gasteiger partial charge in [0.05, 0.1) is 23.6 Å². The third-order valence-electron chi connectivity index (χ3n) is 4.82. The number of sulfonamides is 1. The number of aliphatic carboxylic acids is 1. The van der Waals surface area contributed by atoms with Crippen molar-refractivity contribution in [2.24, 2.45) is 0 Å². The van der Waals surface area contributed by atoms with Crippen LogP contribution in [0.1, 0.15) is 16.8 Å². The normalized spacial score (nSPS) is 12.3. The SMILES string of the molecule is [NH3+]CCCOc1ccn2c(=O)cc(C(=O)NCC(NS(=O)(=O)c3ccccc3)C(=O)O)cc2c1. The zero-order valence-electron chi connectivity index (χ0n) is 18.1. The number of quaternary nitrogens is 1. The molecule has 0 bridgehead atoms. The van der Waals surface area contributed by atoms with Gasteiger partial charge in [-0.3, -0.25) is 18.8 Å². The fraction of sp³-hybridized carbons (Fsp3) is 0.227. The van der Waals surface area contributed by atoms with Crippen LogP contribution in [0.15, 0.2) is 70.5 Å². The molecule has 12 heteroatoms. The highest BCUT2D eigenvalue weighted by Crippen LogP contribution is 2.15. The number of carbonyl (C=O) groups excluding carboxylic acids is 1. The van der Waals surface area contributed by atoms with E-state index in [0.29, 0.717) is 17.9 Å². The van der Waals surface area contributed by atoms with Crippen LogP contribution in [0, 0.1) is 0 Å². The minimum absolute atomic E-state index is 0.00466. The molecule has 1 atom stereocenters. The van der Waals surface area contributed by atoms with Gasteiger partial charge in [-0.15, -0.1) is 0 Å². The number of carboxylic acids is 1. The molecule has 2 heterocycles. The Labute approximate surface area is 195 Å². The van der Waals surface area contributed by atoms with Crippen molar-refractivity contribution in [1.29, 1.82) is 0 Å². The number of benzene rings is 1. The second-order valence-electron chi connectivity index (χ2n) is 7.33. The van der Waals surface area contributed by atoms with Crippen LogP contribution in [-0.4, -0.2) is 55.5 Å². The van der Waals surface area contributed by atoms with Crippen LogP contribution in [0.2, 0.25) is 0 Å². The van der Waals surface area contributed by atoms with Gasteiger partial charge < -0.3 is 20.9 Å². The zero-order chi connectivity index (χ0) is 24.7. The number of fused-ring (bicyclic) bond motifs is 1. The molecule has 11 nitrogen and oxygen atoms in total. The molecule has 180 valence electrons. The smallest absolute Gasteiger partial charge is 0.323 e. The van der Waals surface area contributed by atoms with Gasteiger partial charge in [0, 0.05) is 36.9 Å². The first-order valence-electron chi connectivity index (χ1n) is 10.4. The van der Waals surface area contributed by atoms with Crippen LogP contribution in [0.25, 0.3) is 5.52 Å². The number of hydrogen-bond acceptors (Lipinski definition) is 6. The molecule has 0 saturated carbocycles. The van der Waals surface area contributed by atoms with Crippen LogP contribution in [0.5, 0.6) is 5.75 Å². The lowest BCUT2D eigenvalue weighted by Crippen LogP contribution is -2.50. The number of pyridine rings is 2. The number of aromatic nitrogens is 1. The summed E-state index contributed by atoms with van der Waals surface area (Å²) in [6.07, 6.45) is 2.29. The topological polar surface area (TPSA) is 171 Å². The molecule has 0 aliphatic heterocycles. The number of amides is 1. The molecule has 0 aliphatic rings. The Kier molecular flexibility index (Phi) is 7.99. The van der Waals surface area contributed by atoms with Crippen molar-refractivity contribution in [3.8, 4) is 5.75 Å². The summed E-state index contributed by atoms with van der Waals surface area (Å²) in [5, 5.41) is 11.8. The molecule has 3 rings (SSSR count). The summed E-state index contributed by atoms with van der Waals surface area (Å²) in [5.74, 6) is -1.68. The van der Waals surface area contributed by atoms with E-state index in [-0.39, 0.29) is 10.5 Å². The Morgan fingerprint density at radius 1 is 1.12 bits per heavy atom. The van der Waals surface area contributed by atoms with Gasteiger partial charge in [-0.1, -0.05) is 18.2 Å². The van der Waals surface area contributed by atoms with Gasteiger partial charge in [0.15, 0.2) is 0 Å². The van der Waals surface area contributed by atoms with E-state index in [2.05, 4.69) is 15.8 Å². The van der Waals surface area contributed by atoms with E-state index in [1.165, 1.54) is 40.9 Å². The summed E-state index contributed by atoms with van der Waals surface area (Å²) in [4.78, 5) is 36.5. The molecular weight excluding hydrogens is 464 g/mol. The number of hydrogen-bond donors (Lipinski definition) is 4. The highest BCUT2D eigenvalue weighted by Gasteiger charge is 2.26. The van der Waals surface area contributed by atoms with Gasteiger partial charge >= 0.3 is 5.97 Å². The van der Waals surface area contributed by atoms with Crippen molar-refractivity contribution in [3.63, 3.8) is 0 Å². The van der Waals surface area contributed by atoms with E-state index < -0.39 is 40.0 Å². The van der Waals surface area contributed by atoms with Crippen LogP contribution < -0.4 is 26.1 Å². The minimum atomic E-state index is -4.12. The molecule has 2 aromatic heterocycles. The minimum Gasteiger partial charge on any atom is -0.493 e. The molecule has 0 aliphatic carbocycles. The summed E-state index contributed by atoms with van der Waals surface area (Å²) in [6.45, 7) is 0.642. The monoisotopic (exact) mass is 489 g/mol. The zero-order valence-corrected chi connectivity index (χ0v) is 19.0. The second-order valence-corrected chi connectivity index (χ2v) is 9.04. The quantitative estimate of drug-likeness (QED) is 0.262. The predicted octanol–water partition coefficient (Wildman–Crippen LogP) is -0.528. The van der Waals surface area contributed by atoms with Crippen LogP contribution in [-0.2, 0) is 14.8 Å². The molecule has 0 radical (unpaired) electrons. The Balaban J connectivity index is 1.74. The number of nitrogens with one attached hydrogen (secondary N) is 2. The molecule has 1 amide bonds. The summed E-state index contributed by atoms with van der Waals surface area (Å²) in [7, 11) is -4.12. The Bertz CT molecular complexity index is 1340. The summed E-state index contributed by atoms with van der Waals surface area (Å²) < 4.78 is 33.9. The van der Waals surface area contributed by atoms with Crippen molar-refractivity contribution in [2.75, 3.05) is 19.7 Å². The van der Waals surface area contributed by atoms with Gasteiger partial charge in [0.1, 0.15) is 11.8 Å². The maximum atomic E-state index is 12.6. The Hall–Kier alpha value is -3.74.